The van der Waals surface area contributed by atoms with Crippen LogP contribution in [0.1, 0.15) is 23.2 Å². The van der Waals surface area contributed by atoms with Gasteiger partial charge in [-0.3, -0.25) is 19.7 Å². The first-order valence-electron chi connectivity index (χ1n) is 8.55. The summed E-state index contributed by atoms with van der Waals surface area (Å²) in [5.74, 6) is -0.627. The van der Waals surface area contributed by atoms with Crippen LogP contribution < -0.4 is 16.0 Å². The van der Waals surface area contributed by atoms with Gasteiger partial charge in [0.25, 0.3) is 5.91 Å². The summed E-state index contributed by atoms with van der Waals surface area (Å²) in [4.78, 5) is 44.1. The van der Waals surface area contributed by atoms with Crippen molar-refractivity contribution in [1.82, 2.24) is 15.3 Å². The third-order valence-electron chi connectivity index (χ3n) is 4.36. The van der Waals surface area contributed by atoms with Gasteiger partial charge in [0.1, 0.15) is 6.04 Å². The molecule has 27 heavy (non-hydrogen) atoms. The number of aromatic nitrogens is 2. The number of hydrogen-bond donors (Lipinski definition) is 4. The van der Waals surface area contributed by atoms with E-state index in [2.05, 4.69) is 25.9 Å². The second-order valence-corrected chi connectivity index (χ2v) is 6.25. The Balaban J connectivity index is 1.38. The minimum absolute atomic E-state index is 0.0613. The fourth-order valence-corrected chi connectivity index (χ4v) is 3.00. The molecule has 0 spiro atoms. The van der Waals surface area contributed by atoms with Gasteiger partial charge in [0.05, 0.1) is 22.3 Å². The molecule has 3 aromatic rings. The van der Waals surface area contributed by atoms with Crippen LogP contribution in [-0.2, 0) is 9.59 Å². The lowest BCUT2D eigenvalue weighted by atomic mass is 10.1. The minimum atomic E-state index is -0.786. The Morgan fingerprint density at radius 2 is 1.85 bits per heavy atom. The van der Waals surface area contributed by atoms with Crippen molar-refractivity contribution in [3.63, 3.8) is 0 Å². The van der Waals surface area contributed by atoms with Crippen LogP contribution in [0.3, 0.4) is 0 Å². The van der Waals surface area contributed by atoms with E-state index < -0.39 is 6.04 Å². The van der Waals surface area contributed by atoms with Crippen molar-refractivity contribution in [2.24, 2.45) is 0 Å². The van der Waals surface area contributed by atoms with Crippen LogP contribution in [0.4, 0.5) is 11.6 Å². The molecule has 4 N–H and O–H groups in total. The summed E-state index contributed by atoms with van der Waals surface area (Å²) in [6.07, 6.45) is 0.239. The number of aromatic amines is 1. The number of nitrogens with zero attached hydrogens (tertiary/aromatic N) is 1. The molecule has 136 valence electrons. The fraction of sp³-hybridized carbons (Fsp3) is 0.158. The molecule has 2 heterocycles. The number of anilines is 2. The van der Waals surface area contributed by atoms with E-state index in [1.54, 1.807) is 24.3 Å². The molecule has 4 rings (SSSR count). The van der Waals surface area contributed by atoms with Crippen LogP contribution in [0.2, 0.25) is 0 Å². The van der Waals surface area contributed by atoms with Crippen molar-refractivity contribution in [3.8, 4) is 0 Å². The van der Waals surface area contributed by atoms with Crippen LogP contribution in [0.15, 0.2) is 48.5 Å². The quantitative estimate of drug-likeness (QED) is 0.567. The van der Waals surface area contributed by atoms with E-state index in [9.17, 15) is 14.4 Å². The van der Waals surface area contributed by atoms with Crippen molar-refractivity contribution >= 4 is 40.4 Å². The molecule has 0 bridgehead atoms. The van der Waals surface area contributed by atoms with Crippen molar-refractivity contribution < 1.29 is 14.4 Å². The summed E-state index contributed by atoms with van der Waals surface area (Å²) in [6, 6.07) is 13.4. The summed E-state index contributed by atoms with van der Waals surface area (Å²) < 4.78 is 0. The first-order chi connectivity index (χ1) is 13.1. The molecule has 1 aromatic heterocycles. The highest BCUT2D eigenvalue weighted by molar-refractivity contribution is 6.10. The number of hydrogen-bond acceptors (Lipinski definition) is 4. The molecule has 1 aliphatic heterocycles. The zero-order chi connectivity index (χ0) is 18.8. The van der Waals surface area contributed by atoms with E-state index in [1.165, 1.54) is 0 Å². The average molecular weight is 363 g/mol. The van der Waals surface area contributed by atoms with Crippen molar-refractivity contribution in [3.05, 3.63) is 54.1 Å². The maximum absolute atomic E-state index is 12.3. The van der Waals surface area contributed by atoms with Gasteiger partial charge in [0.2, 0.25) is 17.8 Å². The second kappa shape index (κ2) is 6.91. The zero-order valence-electron chi connectivity index (χ0n) is 14.3. The monoisotopic (exact) mass is 363 g/mol. The Morgan fingerprint density at radius 3 is 2.70 bits per heavy atom. The second-order valence-electron chi connectivity index (χ2n) is 6.25. The predicted molar refractivity (Wildman–Crippen MR) is 100 cm³/mol. The molecule has 8 heteroatoms. The number of fused-ring (bicyclic) bond motifs is 2. The number of carbonyl (C=O) groups is 3. The van der Waals surface area contributed by atoms with Gasteiger partial charge in [-0.2, -0.15) is 0 Å². The summed E-state index contributed by atoms with van der Waals surface area (Å²) in [5, 5.41) is 8.07. The Labute approximate surface area is 154 Å². The van der Waals surface area contributed by atoms with Gasteiger partial charge in [-0.15, -0.1) is 0 Å². The van der Waals surface area contributed by atoms with Crippen molar-refractivity contribution in [1.29, 1.82) is 0 Å². The third kappa shape index (κ3) is 3.50. The SMILES string of the molecule is O=C(CCC1NC(=O)c2ccccc2NC1=O)Nc1nc2ccccc2[nH]1. The van der Waals surface area contributed by atoms with E-state index >= 15 is 0 Å². The molecule has 1 unspecified atom stereocenters. The number of imidazole rings is 1. The number of H-pyrrole nitrogens is 1. The maximum atomic E-state index is 12.3. The number of amides is 3. The molecule has 0 radical (unpaired) electrons. The molecule has 0 saturated carbocycles. The number of nitrogens with one attached hydrogen (secondary N) is 4. The lowest BCUT2D eigenvalue weighted by Gasteiger charge is -2.13. The number of rotatable bonds is 4. The van der Waals surface area contributed by atoms with Gasteiger partial charge >= 0.3 is 0 Å². The highest BCUT2D eigenvalue weighted by atomic mass is 16.2. The van der Waals surface area contributed by atoms with E-state index in [-0.39, 0.29) is 30.6 Å². The molecule has 0 fully saturated rings. The lowest BCUT2D eigenvalue weighted by molar-refractivity contribution is -0.118. The van der Waals surface area contributed by atoms with Crippen LogP contribution in [0.25, 0.3) is 11.0 Å². The summed E-state index contributed by atoms with van der Waals surface area (Å²) >= 11 is 0. The molecule has 1 aliphatic rings. The molecule has 2 aromatic carbocycles. The van der Waals surface area contributed by atoms with Gasteiger partial charge in [-0.1, -0.05) is 24.3 Å². The third-order valence-corrected chi connectivity index (χ3v) is 4.36. The Hall–Kier alpha value is -3.68. The maximum Gasteiger partial charge on any atom is 0.254 e. The van der Waals surface area contributed by atoms with E-state index in [1.807, 2.05) is 24.3 Å². The highest BCUT2D eigenvalue weighted by Gasteiger charge is 2.27. The summed E-state index contributed by atoms with van der Waals surface area (Å²) in [5.41, 5.74) is 2.44. The van der Waals surface area contributed by atoms with Gasteiger partial charge in [0.15, 0.2) is 0 Å². The van der Waals surface area contributed by atoms with Crippen LogP contribution in [0.5, 0.6) is 0 Å². The Bertz CT molecular complexity index is 1010. The fourth-order valence-electron chi connectivity index (χ4n) is 3.00. The smallest absolute Gasteiger partial charge is 0.254 e. The largest absolute Gasteiger partial charge is 0.340 e. The molecular weight excluding hydrogens is 346 g/mol. The average Bonchev–Trinajstić information content (AvgIpc) is 3.02. The lowest BCUT2D eigenvalue weighted by Crippen LogP contribution is -2.41. The molecule has 1 atom stereocenters. The Kier molecular flexibility index (Phi) is 4.29. The topological polar surface area (TPSA) is 116 Å². The zero-order valence-corrected chi connectivity index (χ0v) is 14.3. The summed E-state index contributed by atoms with van der Waals surface area (Å²) in [7, 11) is 0. The van der Waals surface area contributed by atoms with Gasteiger partial charge in [-0.05, 0) is 30.7 Å². The number of benzene rings is 2. The van der Waals surface area contributed by atoms with Crippen LogP contribution in [-0.4, -0.2) is 33.7 Å². The van der Waals surface area contributed by atoms with Crippen molar-refractivity contribution in [2.75, 3.05) is 10.6 Å². The van der Waals surface area contributed by atoms with Crippen LogP contribution >= 0.6 is 0 Å². The van der Waals surface area contributed by atoms with E-state index in [0.717, 1.165) is 11.0 Å². The molecular formula is C19H17N5O3. The minimum Gasteiger partial charge on any atom is -0.340 e. The summed E-state index contributed by atoms with van der Waals surface area (Å²) in [6.45, 7) is 0. The van der Waals surface area contributed by atoms with Crippen molar-refractivity contribution in [2.45, 2.75) is 18.9 Å². The first kappa shape index (κ1) is 16.8. The molecule has 0 aliphatic carbocycles. The Morgan fingerprint density at radius 1 is 1.07 bits per heavy atom. The molecule has 8 nitrogen and oxygen atoms in total. The van der Waals surface area contributed by atoms with Gasteiger partial charge in [-0.25, -0.2) is 4.98 Å². The van der Waals surface area contributed by atoms with Gasteiger partial charge < -0.3 is 15.6 Å². The number of para-hydroxylation sites is 3. The van der Waals surface area contributed by atoms with Crippen LogP contribution in [0, 0.1) is 0 Å². The molecule has 0 saturated heterocycles. The van der Waals surface area contributed by atoms with E-state index in [4.69, 9.17) is 0 Å². The normalized spacial score (nSPS) is 16.2. The first-order valence-corrected chi connectivity index (χ1v) is 8.55. The number of carbonyl (C=O) groups excluding carboxylic acids is 3. The predicted octanol–water partition coefficient (Wildman–Crippen LogP) is 2.03. The standard InChI is InChI=1S/C19H17N5O3/c25-16(24-19-22-13-7-3-4-8-14(13)23-19)10-9-15-18(27)20-12-6-2-1-5-11(12)17(26)21-15/h1-8,15H,9-10H2,(H,20,27)(H,21,26)(H2,22,23,24,25). The van der Waals surface area contributed by atoms with E-state index in [0.29, 0.717) is 17.2 Å². The highest BCUT2D eigenvalue weighted by Crippen LogP contribution is 2.19. The molecule has 3 amide bonds. The van der Waals surface area contributed by atoms with Gasteiger partial charge in [0, 0.05) is 6.42 Å².